The Labute approximate surface area is 86.3 Å². The van der Waals surface area contributed by atoms with Gasteiger partial charge in [-0.3, -0.25) is 0 Å². The van der Waals surface area contributed by atoms with Crippen molar-refractivity contribution in [2.24, 2.45) is 5.41 Å². The minimum absolute atomic E-state index is 0.258. The van der Waals surface area contributed by atoms with Crippen LogP contribution in [-0.2, 0) is 0 Å². The van der Waals surface area contributed by atoms with Gasteiger partial charge in [-0.25, -0.2) is 0 Å². The van der Waals surface area contributed by atoms with E-state index < -0.39 is 0 Å². The lowest BCUT2D eigenvalue weighted by molar-refractivity contribution is 0.0608. The Morgan fingerprint density at radius 2 is 1.57 bits per heavy atom. The average Bonchev–Trinajstić information content (AvgIpc) is 2.27. The van der Waals surface area contributed by atoms with Crippen LogP contribution in [0, 0.1) is 5.41 Å². The molecule has 82 valence electrons. The predicted octanol–water partition coefficient (Wildman–Crippen LogP) is 2.23. The Morgan fingerprint density at radius 1 is 0.857 bits per heavy atom. The van der Waals surface area contributed by atoms with E-state index in [9.17, 15) is 10.2 Å². The van der Waals surface area contributed by atoms with Gasteiger partial charge in [0.05, 0.1) is 12.2 Å². The van der Waals surface area contributed by atoms with Crippen LogP contribution in [-0.4, -0.2) is 22.4 Å². The van der Waals surface area contributed by atoms with Crippen LogP contribution in [0.5, 0.6) is 0 Å². The molecule has 0 aromatic carbocycles. The van der Waals surface area contributed by atoms with Crippen LogP contribution >= 0.6 is 0 Å². The Hall–Kier alpha value is -0.0800. The van der Waals surface area contributed by atoms with E-state index in [2.05, 4.69) is 0 Å². The highest BCUT2D eigenvalue weighted by atomic mass is 16.3. The summed E-state index contributed by atoms with van der Waals surface area (Å²) in [6.07, 6.45) is 9.60. The standard InChI is InChI=1S/C12H22O2/c13-10-4-7-12(9-11(14)8-10)5-2-1-3-6-12/h10-11,13-14H,1-9H2. The van der Waals surface area contributed by atoms with E-state index in [1.54, 1.807) is 0 Å². The van der Waals surface area contributed by atoms with Gasteiger partial charge in [-0.05, 0) is 43.9 Å². The fourth-order valence-electron chi connectivity index (χ4n) is 3.35. The Balaban J connectivity index is 2.02. The van der Waals surface area contributed by atoms with Crippen LogP contribution in [0.1, 0.15) is 57.8 Å². The van der Waals surface area contributed by atoms with Crippen molar-refractivity contribution in [3.63, 3.8) is 0 Å². The minimum atomic E-state index is -0.259. The molecule has 0 aromatic rings. The normalized spacial score (nSPS) is 38.1. The number of hydrogen-bond donors (Lipinski definition) is 2. The second-order valence-electron chi connectivity index (χ2n) is 5.35. The fraction of sp³-hybridized carbons (Fsp3) is 1.00. The number of aliphatic hydroxyl groups is 2. The maximum absolute atomic E-state index is 9.82. The van der Waals surface area contributed by atoms with Gasteiger partial charge in [-0.15, -0.1) is 0 Å². The molecule has 0 radical (unpaired) electrons. The van der Waals surface area contributed by atoms with Crippen LogP contribution < -0.4 is 0 Å². The quantitative estimate of drug-likeness (QED) is 0.626. The number of rotatable bonds is 0. The number of hydrogen-bond acceptors (Lipinski definition) is 2. The van der Waals surface area contributed by atoms with Crippen LogP contribution in [0.3, 0.4) is 0 Å². The first-order valence-electron chi connectivity index (χ1n) is 6.06. The zero-order valence-corrected chi connectivity index (χ0v) is 8.91. The molecule has 14 heavy (non-hydrogen) atoms. The van der Waals surface area contributed by atoms with Gasteiger partial charge in [-0.2, -0.15) is 0 Å². The van der Waals surface area contributed by atoms with Crippen LogP contribution in [0.15, 0.2) is 0 Å². The van der Waals surface area contributed by atoms with Gasteiger partial charge in [0.25, 0.3) is 0 Å². The lowest BCUT2D eigenvalue weighted by Crippen LogP contribution is -2.27. The molecule has 2 atom stereocenters. The van der Waals surface area contributed by atoms with Crippen molar-refractivity contribution in [1.82, 2.24) is 0 Å². The van der Waals surface area contributed by atoms with E-state index in [1.807, 2.05) is 0 Å². The van der Waals surface area contributed by atoms with Gasteiger partial charge in [-0.1, -0.05) is 19.3 Å². The van der Waals surface area contributed by atoms with Gasteiger partial charge in [0, 0.05) is 0 Å². The van der Waals surface area contributed by atoms with Gasteiger partial charge >= 0.3 is 0 Å². The highest BCUT2D eigenvalue weighted by Crippen LogP contribution is 2.46. The molecule has 2 aliphatic carbocycles. The summed E-state index contributed by atoms with van der Waals surface area (Å²) in [7, 11) is 0. The second-order valence-corrected chi connectivity index (χ2v) is 5.35. The fourth-order valence-corrected chi connectivity index (χ4v) is 3.35. The van der Waals surface area contributed by atoms with E-state index in [-0.39, 0.29) is 12.2 Å². The maximum atomic E-state index is 9.82. The second kappa shape index (κ2) is 4.19. The molecule has 2 nitrogen and oxygen atoms in total. The predicted molar refractivity (Wildman–Crippen MR) is 56.0 cm³/mol. The molecule has 2 fully saturated rings. The van der Waals surface area contributed by atoms with E-state index in [4.69, 9.17) is 0 Å². The van der Waals surface area contributed by atoms with E-state index in [1.165, 1.54) is 32.1 Å². The molecule has 0 heterocycles. The van der Waals surface area contributed by atoms with Gasteiger partial charge in [0.2, 0.25) is 0 Å². The lowest BCUT2D eigenvalue weighted by atomic mass is 9.69. The molecule has 0 bridgehead atoms. The van der Waals surface area contributed by atoms with E-state index >= 15 is 0 Å². The topological polar surface area (TPSA) is 40.5 Å². The average molecular weight is 198 g/mol. The third-order valence-electron chi connectivity index (χ3n) is 4.13. The summed E-state index contributed by atoms with van der Waals surface area (Å²) in [5.74, 6) is 0. The smallest absolute Gasteiger partial charge is 0.0570 e. The molecule has 2 saturated carbocycles. The van der Waals surface area contributed by atoms with Gasteiger partial charge in [0.15, 0.2) is 0 Å². The zero-order valence-electron chi connectivity index (χ0n) is 8.91. The van der Waals surface area contributed by atoms with E-state index in [0.717, 1.165) is 19.3 Å². The summed E-state index contributed by atoms with van der Waals surface area (Å²) in [6.45, 7) is 0. The highest BCUT2D eigenvalue weighted by molar-refractivity contribution is 4.89. The molecule has 0 saturated heterocycles. The summed E-state index contributed by atoms with van der Waals surface area (Å²) in [5.41, 5.74) is 0.384. The SMILES string of the molecule is OC1CCC2(CCCCC2)CC(O)C1. The van der Waals surface area contributed by atoms with Crippen molar-refractivity contribution in [2.75, 3.05) is 0 Å². The summed E-state index contributed by atoms with van der Waals surface area (Å²) in [4.78, 5) is 0. The largest absolute Gasteiger partial charge is 0.393 e. The van der Waals surface area contributed by atoms with Gasteiger partial charge in [0.1, 0.15) is 0 Å². The molecule has 2 heteroatoms. The maximum Gasteiger partial charge on any atom is 0.0570 e. The molecule has 0 aromatic heterocycles. The summed E-state index contributed by atoms with van der Waals surface area (Å²) in [5, 5.41) is 19.4. The zero-order chi connectivity index (χ0) is 10.0. The molecule has 2 unspecified atom stereocenters. The van der Waals surface area contributed by atoms with Crippen LogP contribution in [0.4, 0.5) is 0 Å². The summed E-state index contributed by atoms with van der Waals surface area (Å²) in [6, 6.07) is 0. The first kappa shape index (κ1) is 10.4. The van der Waals surface area contributed by atoms with Crippen molar-refractivity contribution in [3.05, 3.63) is 0 Å². The van der Waals surface area contributed by atoms with Crippen molar-refractivity contribution in [1.29, 1.82) is 0 Å². The third kappa shape index (κ3) is 2.29. The Morgan fingerprint density at radius 3 is 2.29 bits per heavy atom. The van der Waals surface area contributed by atoms with Crippen molar-refractivity contribution >= 4 is 0 Å². The lowest BCUT2D eigenvalue weighted by Gasteiger charge is -2.37. The third-order valence-corrected chi connectivity index (χ3v) is 4.13. The highest BCUT2D eigenvalue weighted by Gasteiger charge is 2.37. The summed E-state index contributed by atoms with van der Waals surface area (Å²) >= 11 is 0. The molecular weight excluding hydrogens is 176 g/mol. The Bertz CT molecular complexity index is 185. The molecule has 0 amide bonds. The van der Waals surface area contributed by atoms with Crippen molar-refractivity contribution in [3.8, 4) is 0 Å². The Kier molecular flexibility index (Phi) is 3.13. The first-order chi connectivity index (χ1) is 6.70. The van der Waals surface area contributed by atoms with E-state index in [0.29, 0.717) is 11.8 Å². The van der Waals surface area contributed by atoms with Crippen molar-refractivity contribution in [2.45, 2.75) is 70.0 Å². The molecule has 1 spiro atoms. The molecular formula is C12H22O2. The minimum Gasteiger partial charge on any atom is -0.393 e. The molecule has 2 N–H and O–H groups in total. The van der Waals surface area contributed by atoms with Crippen LogP contribution in [0.2, 0.25) is 0 Å². The van der Waals surface area contributed by atoms with Crippen LogP contribution in [0.25, 0.3) is 0 Å². The molecule has 2 rings (SSSR count). The van der Waals surface area contributed by atoms with Crippen molar-refractivity contribution < 1.29 is 10.2 Å². The molecule has 2 aliphatic rings. The molecule has 0 aliphatic heterocycles. The first-order valence-corrected chi connectivity index (χ1v) is 6.06. The van der Waals surface area contributed by atoms with Gasteiger partial charge < -0.3 is 10.2 Å². The number of aliphatic hydroxyl groups excluding tert-OH is 2. The summed E-state index contributed by atoms with van der Waals surface area (Å²) < 4.78 is 0. The monoisotopic (exact) mass is 198 g/mol.